The monoisotopic (exact) mass is 797 g/mol. The summed E-state index contributed by atoms with van der Waals surface area (Å²) in [5.41, 5.74) is 12.6. The topological polar surface area (TPSA) is 207 Å². The van der Waals surface area contributed by atoms with Crippen molar-refractivity contribution in [3.8, 4) is 22.6 Å². The number of carbonyl (C=O) groups is 4. The molecule has 59 heavy (non-hydrogen) atoms. The number of carbonyl (C=O) groups excluding carboxylic acids is 4. The van der Waals surface area contributed by atoms with Gasteiger partial charge >= 0.3 is 0 Å². The summed E-state index contributed by atoms with van der Waals surface area (Å²) in [6.07, 6.45) is 11.1. The van der Waals surface area contributed by atoms with Crippen LogP contribution >= 0.6 is 0 Å². The number of unbranched alkanes of at least 4 members (excludes halogenated alkanes) is 1. The molecule has 0 spiro atoms. The van der Waals surface area contributed by atoms with E-state index in [1.165, 1.54) is 11.9 Å². The van der Waals surface area contributed by atoms with Crippen molar-refractivity contribution in [3.63, 3.8) is 0 Å². The lowest BCUT2D eigenvalue weighted by Crippen LogP contribution is -2.52. The Kier molecular flexibility index (Phi) is 9.65. The molecule has 16 heteroatoms. The third kappa shape index (κ3) is 7.02. The number of hydrogen-bond donors (Lipinski definition) is 3. The molecule has 2 saturated carbocycles. The van der Waals surface area contributed by atoms with E-state index in [0.717, 1.165) is 80.7 Å². The van der Waals surface area contributed by atoms with E-state index in [1.807, 2.05) is 35.0 Å². The predicted octanol–water partition coefficient (Wildman–Crippen LogP) is 4.49. The molecule has 5 aliphatic rings. The number of nitrogens with zero attached hydrogens (tertiary/aromatic N) is 8. The number of piperidine rings is 2. The second-order valence-corrected chi connectivity index (χ2v) is 16.8. The van der Waals surface area contributed by atoms with Crippen LogP contribution in [0, 0.1) is 5.92 Å². The van der Waals surface area contributed by atoms with Gasteiger partial charge in [0.2, 0.25) is 17.7 Å². The van der Waals surface area contributed by atoms with Crippen LogP contribution in [0.15, 0.2) is 53.4 Å². The fourth-order valence-electron chi connectivity index (χ4n) is 9.40. The number of aromatic nitrogens is 6. The lowest BCUT2D eigenvalue weighted by molar-refractivity contribution is -0.137. The van der Waals surface area contributed by atoms with Gasteiger partial charge in [0.05, 0.1) is 22.7 Å². The zero-order valence-corrected chi connectivity index (χ0v) is 32.8. The van der Waals surface area contributed by atoms with Crippen LogP contribution in [0.1, 0.15) is 109 Å². The maximum Gasteiger partial charge on any atom is 0.255 e. The molecule has 0 radical (unpaired) electrons. The molecule has 3 aliphatic heterocycles. The molecule has 10 rings (SSSR count). The van der Waals surface area contributed by atoms with Crippen molar-refractivity contribution in [1.82, 2.24) is 50.3 Å². The van der Waals surface area contributed by atoms with Crippen LogP contribution in [-0.4, -0.2) is 95.5 Å². The summed E-state index contributed by atoms with van der Waals surface area (Å²) >= 11 is 0. The van der Waals surface area contributed by atoms with E-state index < -0.39 is 6.04 Å². The van der Waals surface area contributed by atoms with Gasteiger partial charge in [-0.15, -0.1) is 0 Å². The average molecular weight is 798 g/mol. The Morgan fingerprint density at radius 2 is 1.80 bits per heavy atom. The van der Waals surface area contributed by atoms with Crippen LogP contribution in [0.5, 0.6) is 0 Å². The van der Waals surface area contributed by atoms with Crippen LogP contribution in [0.3, 0.4) is 0 Å². The van der Waals surface area contributed by atoms with Gasteiger partial charge in [-0.1, -0.05) is 23.4 Å². The maximum atomic E-state index is 13.3. The minimum atomic E-state index is -0.599. The Morgan fingerprint density at radius 3 is 2.58 bits per heavy atom. The number of anilines is 1. The molecular formula is C43H47N11O5. The number of nitrogen functional groups attached to an aromatic ring is 1. The van der Waals surface area contributed by atoms with Crippen LogP contribution in [0.4, 0.5) is 5.82 Å². The van der Waals surface area contributed by atoms with Gasteiger partial charge in [0.25, 0.3) is 5.91 Å². The highest BCUT2D eigenvalue weighted by Crippen LogP contribution is 2.49. The normalized spacial score (nSPS) is 22.4. The molecule has 304 valence electrons. The number of benzene rings is 1. The zero-order chi connectivity index (χ0) is 40.2. The van der Waals surface area contributed by atoms with Crippen LogP contribution in [0.2, 0.25) is 0 Å². The molecule has 4 fully saturated rings. The standard InChI is InChI=1S/C43H47N11O5/c44-39-35-36(37-34(31-5-1-2-14-45-31)38(59-51-37)25-6-7-25)50-54(40(35)48-23-47-39)29-19-28(20-29)41(56)46-15-3-4-16-52-17-12-24(13-18-52)26-8-9-27-22-53(43(58)30(27)21-26)32-10-11-33(55)49-42(32)57/h1-2,5,8-9,14,21,23-25,28-29,32H,3-4,6-7,10-13,15-20,22H2,(H,46,56)(H2,44,47,48)(H,49,55,57)/t28?,29?,32-/m1/s1. The molecule has 1 aromatic carbocycles. The van der Waals surface area contributed by atoms with Gasteiger partial charge < -0.3 is 25.4 Å². The van der Waals surface area contributed by atoms with Gasteiger partial charge in [0.1, 0.15) is 35.3 Å². The highest BCUT2D eigenvalue weighted by atomic mass is 16.5. The van der Waals surface area contributed by atoms with Crippen molar-refractivity contribution < 1.29 is 23.7 Å². The van der Waals surface area contributed by atoms with E-state index in [2.05, 4.69) is 41.7 Å². The van der Waals surface area contributed by atoms with Gasteiger partial charge in [-0.05, 0) is 113 Å². The molecule has 4 N–H and O–H groups in total. The second kappa shape index (κ2) is 15.3. The number of imide groups is 1. The number of fused-ring (bicyclic) bond motifs is 2. The first kappa shape index (κ1) is 37.3. The lowest BCUT2D eigenvalue weighted by Gasteiger charge is -2.34. The van der Waals surface area contributed by atoms with E-state index in [1.54, 1.807) is 11.1 Å². The summed E-state index contributed by atoms with van der Waals surface area (Å²) in [5.74, 6) is 0.994. The minimum absolute atomic E-state index is 0.0165. The van der Waals surface area contributed by atoms with E-state index in [9.17, 15) is 19.2 Å². The third-order valence-electron chi connectivity index (χ3n) is 13.0. The van der Waals surface area contributed by atoms with Crippen LogP contribution < -0.4 is 16.4 Å². The van der Waals surface area contributed by atoms with Gasteiger partial charge in [-0.25, -0.2) is 14.6 Å². The molecule has 5 aromatic rings. The Labute approximate surface area is 340 Å². The highest BCUT2D eigenvalue weighted by Gasteiger charge is 2.41. The Balaban J connectivity index is 0.692. The van der Waals surface area contributed by atoms with Gasteiger partial charge in [0, 0.05) is 43.1 Å². The summed E-state index contributed by atoms with van der Waals surface area (Å²) in [4.78, 5) is 68.1. The van der Waals surface area contributed by atoms with E-state index in [-0.39, 0.29) is 42.0 Å². The Hall–Kier alpha value is -6.03. The highest BCUT2D eigenvalue weighted by molar-refractivity contribution is 6.05. The van der Waals surface area contributed by atoms with E-state index in [0.29, 0.717) is 78.0 Å². The van der Waals surface area contributed by atoms with Gasteiger partial charge in [-0.2, -0.15) is 5.10 Å². The molecular weight excluding hydrogens is 751 g/mol. The first-order valence-corrected chi connectivity index (χ1v) is 21.0. The fraction of sp³-hybridized carbons (Fsp3) is 0.465. The van der Waals surface area contributed by atoms with E-state index in [4.69, 9.17) is 15.4 Å². The fourth-order valence-corrected chi connectivity index (χ4v) is 9.40. The largest absolute Gasteiger partial charge is 0.383 e. The number of rotatable bonds is 12. The van der Waals surface area contributed by atoms with Crippen molar-refractivity contribution in [2.75, 3.05) is 31.9 Å². The molecule has 4 aromatic heterocycles. The summed E-state index contributed by atoms with van der Waals surface area (Å²) in [6, 6.07) is 11.3. The first-order chi connectivity index (χ1) is 28.8. The first-order valence-electron chi connectivity index (χ1n) is 21.0. The second-order valence-electron chi connectivity index (χ2n) is 16.8. The van der Waals surface area contributed by atoms with Crippen molar-refractivity contribution >= 4 is 40.5 Å². The number of nitrogens with one attached hydrogen (secondary N) is 2. The molecule has 16 nitrogen and oxygen atoms in total. The summed E-state index contributed by atoms with van der Waals surface area (Å²) in [6.45, 7) is 3.98. The molecule has 0 bridgehead atoms. The maximum absolute atomic E-state index is 13.3. The lowest BCUT2D eigenvalue weighted by atomic mass is 9.79. The number of likely N-dealkylation sites (tertiary alicyclic amines) is 1. The molecule has 2 aliphatic carbocycles. The Bertz CT molecular complexity index is 2450. The van der Waals surface area contributed by atoms with Crippen molar-refractivity contribution in [2.45, 2.75) is 94.7 Å². The number of pyridine rings is 1. The molecule has 0 unspecified atom stereocenters. The van der Waals surface area contributed by atoms with E-state index >= 15 is 0 Å². The molecule has 7 heterocycles. The van der Waals surface area contributed by atoms with Gasteiger partial charge in [-0.3, -0.25) is 29.5 Å². The Morgan fingerprint density at radius 1 is 0.949 bits per heavy atom. The smallest absolute Gasteiger partial charge is 0.255 e. The average Bonchev–Trinajstić information content (AvgIpc) is 3.74. The predicted molar refractivity (Wildman–Crippen MR) is 215 cm³/mol. The van der Waals surface area contributed by atoms with Crippen molar-refractivity contribution in [3.05, 3.63) is 71.4 Å². The SMILES string of the molecule is Nc1ncnc2c1c(-c1noc(C3CC3)c1-c1ccccn1)nn2C1CC(C(=O)NCCCCN2CCC(c3ccc4c(c3)C(=O)N([C@@H]3CCC(=O)NC3=O)C4)CC2)C1. The van der Waals surface area contributed by atoms with Crippen molar-refractivity contribution in [2.24, 2.45) is 5.92 Å². The minimum Gasteiger partial charge on any atom is -0.383 e. The number of amides is 4. The molecule has 1 atom stereocenters. The van der Waals surface area contributed by atoms with Crippen LogP contribution in [-0.2, 0) is 20.9 Å². The van der Waals surface area contributed by atoms with Gasteiger partial charge in [0.15, 0.2) is 5.65 Å². The number of nitrogens with two attached hydrogens (primary N) is 1. The van der Waals surface area contributed by atoms with Crippen LogP contribution in [0.25, 0.3) is 33.7 Å². The zero-order valence-electron chi connectivity index (χ0n) is 32.8. The molecule has 2 saturated heterocycles. The van der Waals surface area contributed by atoms with Crippen molar-refractivity contribution in [1.29, 1.82) is 0 Å². The molecule has 4 amide bonds. The summed E-state index contributed by atoms with van der Waals surface area (Å²) in [7, 11) is 0. The number of hydrogen-bond acceptors (Lipinski definition) is 12. The third-order valence-corrected chi connectivity index (χ3v) is 13.0. The summed E-state index contributed by atoms with van der Waals surface area (Å²) in [5, 5.41) is 15.7. The summed E-state index contributed by atoms with van der Waals surface area (Å²) < 4.78 is 7.80. The quantitative estimate of drug-likeness (QED) is 0.118.